The van der Waals surface area contributed by atoms with Crippen LogP contribution in [0.5, 0.6) is 0 Å². The Morgan fingerprint density at radius 1 is 1.45 bits per heavy atom. The first-order valence-electron chi connectivity index (χ1n) is 6.90. The van der Waals surface area contributed by atoms with Gasteiger partial charge < -0.3 is 9.64 Å². The van der Waals surface area contributed by atoms with Gasteiger partial charge in [0.2, 0.25) is 0 Å². The number of hydrogen-bond donors (Lipinski definition) is 0. The third-order valence-corrected chi connectivity index (χ3v) is 4.76. The molecule has 1 saturated carbocycles. The largest absolute Gasteiger partial charge is 0.374 e. The minimum absolute atomic E-state index is 0.0380. The van der Waals surface area contributed by atoms with E-state index in [1.807, 2.05) is 4.90 Å². The molecule has 6 heteroatoms. The van der Waals surface area contributed by atoms with Crippen molar-refractivity contribution in [2.75, 3.05) is 13.2 Å². The maximum absolute atomic E-state index is 12.8. The van der Waals surface area contributed by atoms with Crippen molar-refractivity contribution in [2.24, 2.45) is 0 Å². The van der Waals surface area contributed by atoms with Gasteiger partial charge in [0, 0.05) is 17.2 Å². The quantitative estimate of drug-likeness (QED) is 0.723. The van der Waals surface area contributed by atoms with E-state index in [9.17, 15) is 4.79 Å². The van der Waals surface area contributed by atoms with E-state index in [0.29, 0.717) is 18.7 Å². The fraction of sp³-hybridized carbons (Fsp3) is 0.571. The summed E-state index contributed by atoms with van der Waals surface area (Å²) in [7, 11) is 0. The molecule has 0 spiro atoms. The number of ether oxygens (including phenoxy) is 1. The van der Waals surface area contributed by atoms with Crippen LogP contribution >= 0.6 is 27.5 Å². The molecule has 1 aromatic heterocycles. The first-order valence-corrected chi connectivity index (χ1v) is 8.07. The van der Waals surface area contributed by atoms with Crippen molar-refractivity contribution in [1.82, 2.24) is 9.88 Å². The number of halogens is 2. The highest BCUT2D eigenvalue weighted by molar-refractivity contribution is 9.10. The molecule has 1 aromatic rings. The van der Waals surface area contributed by atoms with Crippen LogP contribution in [-0.2, 0) is 4.74 Å². The molecule has 2 unspecified atom stereocenters. The van der Waals surface area contributed by atoms with Gasteiger partial charge in [0.1, 0.15) is 5.15 Å². The van der Waals surface area contributed by atoms with Crippen LogP contribution in [0.3, 0.4) is 0 Å². The van der Waals surface area contributed by atoms with E-state index < -0.39 is 0 Å². The van der Waals surface area contributed by atoms with Crippen molar-refractivity contribution < 1.29 is 9.53 Å². The highest BCUT2D eigenvalue weighted by Crippen LogP contribution is 2.30. The summed E-state index contributed by atoms with van der Waals surface area (Å²) in [5.41, 5.74) is 0.465. The summed E-state index contributed by atoms with van der Waals surface area (Å²) in [6, 6.07) is 1.92. The monoisotopic (exact) mass is 358 g/mol. The van der Waals surface area contributed by atoms with Crippen LogP contribution in [-0.4, -0.2) is 41.1 Å². The number of carbonyl (C=O) groups is 1. The summed E-state index contributed by atoms with van der Waals surface area (Å²) in [6.07, 6.45) is 6.16. The van der Waals surface area contributed by atoms with Gasteiger partial charge in [0.25, 0.3) is 5.91 Å². The minimum Gasteiger partial charge on any atom is -0.374 e. The van der Waals surface area contributed by atoms with E-state index in [1.165, 1.54) is 6.42 Å². The number of pyridine rings is 1. The summed E-state index contributed by atoms with van der Waals surface area (Å²) in [4.78, 5) is 18.7. The summed E-state index contributed by atoms with van der Waals surface area (Å²) in [5, 5.41) is 0.261. The van der Waals surface area contributed by atoms with Crippen molar-refractivity contribution in [3.05, 3.63) is 27.5 Å². The summed E-state index contributed by atoms with van der Waals surface area (Å²) in [6.45, 7) is 1.23. The molecule has 0 N–H and O–H groups in total. The Morgan fingerprint density at radius 3 is 3.10 bits per heavy atom. The number of rotatable bonds is 1. The first kappa shape index (κ1) is 14.3. The number of aromatic nitrogens is 1. The lowest BCUT2D eigenvalue weighted by atomic mass is 9.90. The molecular formula is C14H16BrClN2O2. The second kappa shape index (κ2) is 6.00. The molecule has 4 nitrogen and oxygen atoms in total. The predicted octanol–water partition coefficient (Wildman–Crippen LogP) is 3.28. The molecule has 2 aliphatic rings. The predicted molar refractivity (Wildman–Crippen MR) is 80.0 cm³/mol. The topological polar surface area (TPSA) is 42.4 Å². The van der Waals surface area contributed by atoms with Gasteiger partial charge in [-0.3, -0.25) is 4.79 Å². The third-order valence-electron chi connectivity index (χ3n) is 4.03. The summed E-state index contributed by atoms with van der Waals surface area (Å²) < 4.78 is 6.56. The Labute approximate surface area is 131 Å². The van der Waals surface area contributed by atoms with Crippen molar-refractivity contribution in [3.8, 4) is 0 Å². The Morgan fingerprint density at radius 2 is 2.25 bits per heavy atom. The van der Waals surface area contributed by atoms with Gasteiger partial charge in [-0.15, -0.1) is 0 Å². The van der Waals surface area contributed by atoms with Crippen LogP contribution in [0.15, 0.2) is 16.7 Å². The van der Waals surface area contributed by atoms with Crippen LogP contribution in [0.4, 0.5) is 0 Å². The van der Waals surface area contributed by atoms with E-state index in [2.05, 4.69) is 20.9 Å². The zero-order valence-electron chi connectivity index (χ0n) is 11.0. The van der Waals surface area contributed by atoms with E-state index >= 15 is 0 Å². The molecule has 2 heterocycles. The molecule has 1 aliphatic carbocycles. The molecule has 0 bridgehead atoms. The molecule has 1 saturated heterocycles. The van der Waals surface area contributed by atoms with Crippen LogP contribution in [0.2, 0.25) is 5.15 Å². The molecule has 2 atom stereocenters. The first-order chi connectivity index (χ1) is 9.66. The van der Waals surface area contributed by atoms with Gasteiger partial charge in [0.15, 0.2) is 0 Å². The van der Waals surface area contributed by atoms with Gasteiger partial charge >= 0.3 is 0 Å². The Balaban J connectivity index is 1.87. The average Bonchev–Trinajstić information content (AvgIpc) is 2.48. The standard InChI is InChI=1S/C14H16BrClN2O2/c15-9-7-10(13(16)17-8-9)14(19)18-5-6-20-12-4-2-1-3-11(12)18/h7-8,11-12H,1-6H2. The second-order valence-corrected chi connectivity index (χ2v) is 6.53. The smallest absolute Gasteiger partial charge is 0.257 e. The second-order valence-electron chi connectivity index (χ2n) is 5.25. The summed E-state index contributed by atoms with van der Waals surface area (Å²) in [5.74, 6) is -0.0380. The molecular weight excluding hydrogens is 344 g/mol. The molecule has 2 fully saturated rings. The average molecular weight is 360 g/mol. The van der Waals surface area contributed by atoms with Crippen LogP contribution in [0, 0.1) is 0 Å². The lowest BCUT2D eigenvalue weighted by molar-refractivity contribution is -0.0752. The summed E-state index contributed by atoms with van der Waals surface area (Å²) >= 11 is 9.42. The van der Waals surface area contributed by atoms with Gasteiger partial charge in [-0.05, 0) is 34.8 Å². The van der Waals surface area contributed by atoms with Gasteiger partial charge in [-0.25, -0.2) is 4.98 Å². The van der Waals surface area contributed by atoms with Crippen molar-refractivity contribution in [2.45, 2.75) is 37.8 Å². The van der Waals surface area contributed by atoms with Gasteiger partial charge in [0.05, 0.1) is 24.3 Å². The SMILES string of the molecule is O=C(c1cc(Br)cnc1Cl)N1CCOC2CCCCC21. The van der Waals surface area contributed by atoms with E-state index in [-0.39, 0.29) is 23.2 Å². The number of amides is 1. The van der Waals surface area contributed by atoms with Crippen LogP contribution in [0.1, 0.15) is 36.0 Å². The molecule has 0 aromatic carbocycles. The maximum atomic E-state index is 12.8. The third kappa shape index (κ3) is 2.71. The number of fused-ring (bicyclic) bond motifs is 1. The van der Waals surface area contributed by atoms with E-state index in [4.69, 9.17) is 16.3 Å². The zero-order chi connectivity index (χ0) is 14.1. The molecule has 1 aliphatic heterocycles. The number of carbonyl (C=O) groups excluding carboxylic acids is 1. The lowest BCUT2D eigenvalue weighted by Gasteiger charge is -2.43. The highest BCUT2D eigenvalue weighted by atomic mass is 79.9. The Hall–Kier alpha value is -0.650. The zero-order valence-corrected chi connectivity index (χ0v) is 13.4. The molecule has 1 amide bonds. The highest BCUT2D eigenvalue weighted by Gasteiger charge is 2.37. The fourth-order valence-electron chi connectivity index (χ4n) is 3.08. The van der Waals surface area contributed by atoms with Crippen molar-refractivity contribution in [1.29, 1.82) is 0 Å². The Kier molecular flexibility index (Phi) is 4.29. The molecule has 3 rings (SSSR count). The molecule has 0 radical (unpaired) electrons. The lowest BCUT2D eigenvalue weighted by Crippen LogP contribution is -2.54. The van der Waals surface area contributed by atoms with Crippen molar-refractivity contribution >= 4 is 33.4 Å². The Bertz CT molecular complexity index is 524. The molecule has 108 valence electrons. The van der Waals surface area contributed by atoms with Crippen LogP contribution in [0.25, 0.3) is 0 Å². The fourth-order valence-corrected chi connectivity index (χ4v) is 3.59. The van der Waals surface area contributed by atoms with Crippen LogP contribution < -0.4 is 0 Å². The van der Waals surface area contributed by atoms with Gasteiger partial charge in [-0.1, -0.05) is 24.4 Å². The normalized spacial score (nSPS) is 26.2. The molecule has 20 heavy (non-hydrogen) atoms. The van der Waals surface area contributed by atoms with E-state index in [1.54, 1.807) is 12.3 Å². The van der Waals surface area contributed by atoms with E-state index in [0.717, 1.165) is 23.7 Å². The maximum Gasteiger partial charge on any atom is 0.257 e. The number of morpholine rings is 1. The van der Waals surface area contributed by atoms with Gasteiger partial charge in [-0.2, -0.15) is 0 Å². The minimum atomic E-state index is -0.0380. The number of hydrogen-bond acceptors (Lipinski definition) is 3. The van der Waals surface area contributed by atoms with Crippen molar-refractivity contribution in [3.63, 3.8) is 0 Å². The number of nitrogens with zero attached hydrogens (tertiary/aromatic N) is 2.